The van der Waals surface area contributed by atoms with Crippen molar-refractivity contribution in [2.75, 3.05) is 19.0 Å². The molecule has 0 radical (unpaired) electrons. The first-order chi connectivity index (χ1) is 9.63. The van der Waals surface area contributed by atoms with Crippen LogP contribution in [-0.2, 0) is 10.2 Å². The second-order valence-electron chi connectivity index (χ2n) is 6.14. The van der Waals surface area contributed by atoms with Crippen LogP contribution < -0.4 is 0 Å². The number of hydrogen-bond donors (Lipinski definition) is 0. The van der Waals surface area contributed by atoms with Crippen LogP contribution >= 0.6 is 23.2 Å². The molecular weight excluding hydrogens is 293 g/mol. The number of rotatable bonds is 4. The number of carbonyl (C=O) groups is 1. The van der Waals surface area contributed by atoms with Gasteiger partial charge in [-0.25, -0.2) is 0 Å². The van der Waals surface area contributed by atoms with Crippen LogP contribution in [0.15, 0.2) is 24.3 Å². The number of alkyl halides is 1. The number of halogens is 2. The minimum atomic E-state index is 0.140. The van der Waals surface area contributed by atoms with E-state index in [2.05, 4.69) is 12.1 Å². The van der Waals surface area contributed by atoms with E-state index in [1.165, 1.54) is 12.0 Å². The first-order valence-corrected chi connectivity index (χ1v) is 8.14. The van der Waals surface area contributed by atoms with Gasteiger partial charge in [-0.15, -0.1) is 11.6 Å². The molecule has 108 valence electrons. The summed E-state index contributed by atoms with van der Waals surface area (Å²) in [6, 6.07) is 8.12. The second kappa shape index (κ2) is 5.57. The third-order valence-electron chi connectivity index (χ3n) is 4.77. The van der Waals surface area contributed by atoms with Crippen molar-refractivity contribution in [1.82, 2.24) is 4.90 Å². The van der Waals surface area contributed by atoms with E-state index in [4.69, 9.17) is 23.2 Å². The summed E-state index contributed by atoms with van der Waals surface area (Å²) in [6.07, 6.45) is 4.16. The van der Waals surface area contributed by atoms with Gasteiger partial charge < -0.3 is 4.90 Å². The smallest absolute Gasteiger partial charge is 0.222 e. The van der Waals surface area contributed by atoms with Gasteiger partial charge in [0, 0.05) is 35.8 Å². The monoisotopic (exact) mass is 311 g/mol. The van der Waals surface area contributed by atoms with Crippen LogP contribution in [0.4, 0.5) is 0 Å². The molecule has 2 fully saturated rings. The van der Waals surface area contributed by atoms with Crippen LogP contribution in [0.25, 0.3) is 0 Å². The molecule has 1 unspecified atom stereocenters. The minimum Gasteiger partial charge on any atom is -0.341 e. The molecule has 1 atom stereocenters. The van der Waals surface area contributed by atoms with E-state index in [1.54, 1.807) is 0 Å². The van der Waals surface area contributed by atoms with Crippen molar-refractivity contribution in [2.24, 2.45) is 5.92 Å². The number of nitrogens with zero attached hydrogens (tertiary/aromatic N) is 1. The van der Waals surface area contributed by atoms with Gasteiger partial charge in [-0.2, -0.15) is 0 Å². The molecule has 1 saturated carbocycles. The lowest BCUT2D eigenvalue weighted by Crippen LogP contribution is -2.46. The Kier molecular flexibility index (Phi) is 3.96. The van der Waals surface area contributed by atoms with E-state index in [9.17, 15) is 4.79 Å². The van der Waals surface area contributed by atoms with E-state index >= 15 is 0 Å². The fraction of sp³-hybridized carbons (Fsp3) is 0.562. The highest BCUT2D eigenvalue weighted by Crippen LogP contribution is 2.45. The molecule has 1 saturated heterocycles. The van der Waals surface area contributed by atoms with Crippen molar-refractivity contribution in [1.29, 1.82) is 0 Å². The predicted molar refractivity (Wildman–Crippen MR) is 82.4 cm³/mol. The van der Waals surface area contributed by atoms with Gasteiger partial charge in [0.05, 0.1) is 0 Å². The quantitative estimate of drug-likeness (QED) is 0.773. The zero-order chi connectivity index (χ0) is 14.2. The molecule has 0 aromatic heterocycles. The zero-order valence-electron chi connectivity index (χ0n) is 11.4. The van der Waals surface area contributed by atoms with Gasteiger partial charge in [-0.1, -0.05) is 30.2 Å². The van der Waals surface area contributed by atoms with Crippen LogP contribution in [0.3, 0.4) is 0 Å². The molecule has 1 aliphatic heterocycles. The predicted octanol–water partition coefficient (Wildman–Crippen LogP) is 3.85. The van der Waals surface area contributed by atoms with Crippen LogP contribution in [0.5, 0.6) is 0 Å². The summed E-state index contributed by atoms with van der Waals surface area (Å²) in [5.41, 5.74) is 1.46. The molecule has 20 heavy (non-hydrogen) atoms. The fourth-order valence-corrected chi connectivity index (χ4v) is 3.75. The van der Waals surface area contributed by atoms with Gasteiger partial charge in [0.2, 0.25) is 5.91 Å². The molecule has 1 heterocycles. The van der Waals surface area contributed by atoms with Crippen LogP contribution in [0, 0.1) is 5.92 Å². The topological polar surface area (TPSA) is 20.3 Å². The summed E-state index contributed by atoms with van der Waals surface area (Å²) in [6.45, 7) is 1.65. The Morgan fingerprint density at radius 2 is 1.95 bits per heavy atom. The van der Waals surface area contributed by atoms with Gasteiger partial charge in [0.15, 0.2) is 0 Å². The molecule has 2 aliphatic rings. The molecule has 1 aromatic rings. The summed E-state index contributed by atoms with van der Waals surface area (Å²) in [5, 5.41) is 0.766. The van der Waals surface area contributed by atoms with E-state index in [0.717, 1.165) is 31.0 Å². The Labute approximate surface area is 130 Å². The lowest BCUT2D eigenvalue weighted by molar-refractivity contribution is -0.129. The summed E-state index contributed by atoms with van der Waals surface area (Å²) >= 11 is 11.9. The maximum absolute atomic E-state index is 12.1. The number of hydrogen-bond acceptors (Lipinski definition) is 1. The van der Waals surface area contributed by atoms with Crippen molar-refractivity contribution in [3.63, 3.8) is 0 Å². The van der Waals surface area contributed by atoms with Crippen LogP contribution in [-0.4, -0.2) is 29.8 Å². The first-order valence-electron chi connectivity index (χ1n) is 7.23. The summed E-state index contributed by atoms with van der Waals surface area (Å²) in [4.78, 5) is 14.1. The van der Waals surface area contributed by atoms with Crippen molar-refractivity contribution >= 4 is 29.1 Å². The SMILES string of the molecule is O=C1CC(CCl)CN1CC1(c2ccc(Cl)cc2)CCC1. The molecule has 3 rings (SSSR count). The Bertz CT molecular complexity index is 496. The number of carbonyl (C=O) groups excluding carboxylic acids is 1. The Morgan fingerprint density at radius 1 is 1.25 bits per heavy atom. The Balaban J connectivity index is 1.77. The molecule has 0 bridgehead atoms. The highest BCUT2D eigenvalue weighted by Gasteiger charge is 2.43. The standard InChI is InChI=1S/C16H19Cl2NO/c17-9-12-8-15(20)19(10-12)11-16(6-1-7-16)13-2-4-14(18)5-3-13/h2-5,12H,1,6-11H2. The molecule has 1 aliphatic carbocycles. The Morgan fingerprint density at radius 3 is 2.45 bits per heavy atom. The number of likely N-dealkylation sites (tertiary alicyclic amines) is 1. The van der Waals surface area contributed by atoms with Gasteiger partial charge in [-0.3, -0.25) is 4.79 Å². The first kappa shape index (κ1) is 14.2. The van der Waals surface area contributed by atoms with Crippen molar-refractivity contribution in [3.05, 3.63) is 34.9 Å². The van der Waals surface area contributed by atoms with Crippen molar-refractivity contribution < 1.29 is 4.79 Å². The molecule has 0 spiro atoms. The molecule has 0 N–H and O–H groups in total. The van der Waals surface area contributed by atoms with Gasteiger partial charge >= 0.3 is 0 Å². The molecule has 2 nitrogen and oxygen atoms in total. The largest absolute Gasteiger partial charge is 0.341 e. The van der Waals surface area contributed by atoms with Gasteiger partial charge in [0.1, 0.15) is 0 Å². The van der Waals surface area contributed by atoms with Gasteiger partial charge in [0.25, 0.3) is 0 Å². The van der Waals surface area contributed by atoms with Crippen LogP contribution in [0.1, 0.15) is 31.2 Å². The average Bonchev–Trinajstić information content (AvgIpc) is 2.76. The van der Waals surface area contributed by atoms with Gasteiger partial charge in [-0.05, 0) is 36.5 Å². The second-order valence-corrected chi connectivity index (χ2v) is 6.88. The summed E-state index contributed by atoms with van der Waals surface area (Å²) in [5.74, 6) is 1.17. The van der Waals surface area contributed by atoms with E-state index in [0.29, 0.717) is 18.2 Å². The average molecular weight is 312 g/mol. The normalized spacial score (nSPS) is 24.8. The van der Waals surface area contributed by atoms with E-state index in [1.807, 2.05) is 17.0 Å². The maximum atomic E-state index is 12.1. The lowest BCUT2D eigenvalue weighted by atomic mass is 9.64. The fourth-order valence-electron chi connectivity index (χ4n) is 3.42. The third kappa shape index (κ3) is 2.56. The maximum Gasteiger partial charge on any atom is 0.222 e. The van der Waals surface area contributed by atoms with E-state index < -0.39 is 0 Å². The van der Waals surface area contributed by atoms with Crippen molar-refractivity contribution in [3.8, 4) is 0 Å². The number of benzene rings is 1. The Hall–Kier alpha value is -0.730. The summed E-state index contributed by atoms with van der Waals surface area (Å²) < 4.78 is 0. The molecule has 4 heteroatoms. The third-order valence-corrected chi connectivity index (χ3v) is 5.46. The highest BCUT2D eigenvalue weighted by molar-refractivity contribution is 6.30. The lowest BCUT2D eigenvalue weighted by Gasteiger charge is -2.45. The minimum absolute atomic E-state index is 0.140. The molecule has 1 amide bonds. The molecular formula is C16H19Cl2NO. The highest BCUT2D eigenvalue weighted by atomic mass is 35.5. The summed E-state index contributed by atoms with van der Waals surface area (Å²) in [7, 11) is 0. The zero-order valence-corrected chi connectivity index (χ0v) is 13.0. The van der Waals surface area contributed by atoms with Crippen molar-refractivity contribution in [2.45, 2.75) is 31.1 Å². The van der Waals surface area contributed by atoms with Crippen LogP contribution in [0.2, 0.25) is 5.02 Å². The number of amides is 1. The van der Waals surface area contributed by atoms with E-state index in [-0.39, 0.29) is 11.3 Å². The molecule has 1 aromatic carbocycles.